The Kier molecular flexibility index (Phi) is 3.70. The molecule has 0 aromatic carbocycles. The minimum Gasteiger partial charge on any atom is -0.349 e. The summed E-state index contributed by atoms with van der Waals surface area (Å²) in [6.45, 7) is 2.85. The number of carbonyl (C=O) groups excluding carboxylic acids is 1. The Hall–Kier alpha value is -0.970. The molecule has 2 heterocycles. The molecule has 0 radical (unpaired) electrons. The zero-order valence-electron chi connectivity index (χ0n) is 10.8. The maximum Gasteiger partial charge on any atom is 0.247 e. The number of thiophene rings is 1. The first-order valence-corrected chi connectivity index (χ1v) is 9.62. The fourth-order valence-corrected chi connectivity index (χ4v) is 6.20. The minimum absolute atomic E-state index is 0.0518. The van der Waals surface area contributed by atoms with E-state index in [1.54, 1.807) is 0 Å². The van der Waals surface area contributed by atoms with E-state index in [0.29, 0.717) is 4.88 Å². The summed E-state index contributed by atoms with van der Waals surface area (Å²) < 4.78 is 47.0. The first kappa shape index (κ1) is 15.4. The van der Waals surface area contributed by atoms with Crippen LogP contribution in [0.4, 0.5) is 0 Å². The molecule has 2 rings (SSSR count). The summed E-state index contributed by atoms with van der Waals surface area (Å²) in [7, 11) is -7.56. The Morgan fingerprint density at radius 1 is 1.50 bits per heavy atom. The van der Waals surface area contributed by atoms with Crippen molar-refractivity contribution < 1.29 is 21.6 Å². The maximum absolute atomic E-state index is 12.2. The number of sulfone groups is 1. The van der Waals surface area contributed by atoms with Crippen LogP contribution < -0.4 is 10.5 Å². The van der Waals surface area contributed by atoms with Crippen LogP contribution in [0.1, 0.15) is 31.2 Å². The van der Waals surface area contributed by atoms with Crippen LogP contribution in [-0.2, 0) is 24.7 Å². The highest BCUT2D eigenvalue weighted by Gasteiger charge is 2.39. The quantitative estimate of drug-likeness (QED) is 0.794. The normalized spacial score (nSPS) is 24.9. The third-order valence-corrected chi connectivity index (χ3v) is 8.08. The van der Waals surface area contributed by atoms with Gasteiger partial charge in [-0.3, -0.25) is 4.79 Å². The van der Waals surface area contributed by atoms with E-state index in [1.807, 2.05) is 0 Å². The lowest BCUT2D eigenvalue weighted by atomic mass is 10.1. The minimum atomic E-state index is -3.98. The van der Waals surface area contributed by atoms with Crippen LogP contribution in [0.25, 0.3) is 0 Å². The number of nitrogens with two attached hydrogens (primary N) is 1. The van der Waals surface area contributed by atoms with Gasteiger partial charge in [-0.05, 0) is 19.4 Å². The van der Waals surface area contributed by atoms with Gasteiger partial charge < -0.3 is 5.32 Å². The molecule has 0 fully saturated rings. The molecule has 0 bridgehead atoms. The Balaban J connectivity index is 2.64. The molecule has 1 aliphatic rings. The maximum atomic E-state index is 12.2. The van der Waals surface area contributed by atoms with Crippen molar-refractivity contribution in [2.45, 2.75) is 40.7 Å². The lowest BCUT2D eigenvalue weighted by molar-refractivity contribution is -0.119. The highest BCUT2D eigenvalue weighted by molar-refractivity contribution is 7.93. The van der Waals surface area contributed by atoms with Crippen LogP contribution >= 0.6 is 11.3 Å². The van der Waals surface area contributed by atoms with Crippen LogP contribution in [0.5, 0.6) is 0 Å². The van der Waals surface area contributed by atoms with Crippen molar-refractivity contribution in [2.24, 2.45) is 5.14 Å². The van der Waals surface area contributed by atoms with Crippen molar-refractivity contribution in [3.05, 3.63) is 10.9 Å². The highest BCUT2D eigenvalue weighted by Crippen LogP contribution is 2.42. The molecule has 0 spiro atoms. The molecule has 1 amide bonds. The molecule has 0 aliphatic carbocycles. The van der Waals surface area contributed by atoms with E-state index in [4.69, 9.17) is 5.14 Å². The average molecular weight is 338 g/mol. The molecule has 3 N–H and O–H groups in total. The Labute approximate surface area is 121 Å². The summed E-state index contributed by atoms with van der Waals surface area (Å²) in [5.41, 5.74) is 0. The van der Waals surface area contributed by atoms with Gasteiger partial charge >= 0.3 is 0 Å². The van der Waals surface area contributed by atoms with Crippen molar-refractivity contribution in [3.63, 3.8) is 0 Å². The number of hydrogen-bond acceptors (Lipinski definition) is 6. The molecular weight excluding hydrogens is 324 g/mol. The van der Waals surface area contributed by atoms with Gasteiger partial charge in [-0.2, -0.15) is 0 Å². The van der Waals surface area contributed by atoms with E-state index < -0.39 is 31.2 Å². The third-order valence-electron chi connectivity index (χ3n) is 3.08. The van der Waals surface area contributed by atoms with E-state index in [9.17, 15) is 21.6 Å². The number of hydrogen-bond donors (Lipinski definition) is 2. The standard InChI is InChI=1S/C10H14N2O5S3/c1-5-3-7(12-6(2)13)10-8(19(5,14)15)4-9(18-10)20(11,16)17/h4-5,7H,3H2,1-2H3,(H,12,13)(H2,11,16,17). The molecule has 2 atom stereocenters. The van der Waals surface area contributed by atoms with Crippen molar-refractivity contribution in [1.82, 2.24) is 5.32 Å². The van der Waals surface area contributed by atoms with Crippen LogP contribution in [0, 0.1) is 0 Å². The van der Waals surface area contributed by atoms with Gasteiger partial charge in [0.2, 0.25) is 15.9 Å². The molecule has 112 valence electrons. The first-order valence-electron chi connectivity index (χ1n) is 5.71. The lowest BCUT2D eigenvalue weighted by Crippen LogP contribution is -2.35. The molecule has 10 heteroatoms. The number of primary sulfonamides is 1. The number of rotatable bonds is 2. The second-order valence-corrected chi connectivity index (χ2v) is 9.89. The predicted octanol–water partition coefficient (Wildman–Crippen LogP) is 0.139. The largest absolute Gasteiger partial charge is 0.349 e. The molecular formula is C10H14N2O5S3. The van der Waals surface area contributed by atoms with Gasteiger partial charge in [-0.1, -0.05) is 0 Å². The lowest BCUT2D eigenvalue weighted by Gasteiger charge is -2.27. The molecule has 20 heavy (non-hydrogen) atoms. The molecule has 1 aliphatic heterocycles. The zero-order chi connectivity index (χ0) is 15.3. The number of amides is 1. The second kappa shape index (κ2) is 4.79. The molecule has 2 unspecified atom stereocenters. The molecule has 0 saturated carbocycles. The fraction of sp³-hybridized carbons (Fsp3) is 0.500. The van der Waals surface area contributed by atoms with E-state index >= 15 is 0 Å². The van der Waals surface area contributed by atoms with Crippen LogP contribution in [0.2, 0.25) is 0 Å². The Morgan fingerprint density at radius 2 is 2.10 bits per heavy atom. The van der Waals surface area contributed by atoms with Gasteiger partial charge in [0.25, 0.3) is 0 Å². The van der Waals surface area contributed by atoms with Crippen molar-refractivity contribution >= 4 is 37.1 Å². The van der Waals surface area contributed by atoms with Crippen molar-refractivity contribution in [2.75, 3.05) is 0 Å². The average Bonchev–Trinajstić information content (AvgIpc) is 2.70. The molecule has 0 saturated heterocycles. The van der Waals surface area contributed by atoms with Gasteiger partial charge in [-0.25, -0.2) is 22.0 Å². The molecule has 1 aromatic rings. The third kappa shape index (κ3) is 2.60. The van der Waals surface area contributed by atoms with Crippen LogP contribution in [-0.4, -0.2) is 28.0 Å². The van der Waals surface area contributed by atoms with E-state index in [-0.39, 0.29) is 21.4 Å². The van der Waals surface area contributed by atoms with E-state index in [0.717, 1.165) is 17.4 Å². The smallest absolute Gasteiger partial charge is 0.247 e. The number of nitrogens with one attached hydrogen (secondary N) is 1. The molecule has 7 nitrogen and oxygen atoms in total. The number of sulfonamides is 1. The van der Waals surface area contributed by atoms with Gasteiger partial charge in [0.05, 0.1) is 16.2 Å². The topological polar surface area (TPSA) is 123 Å². The second-order valence-electron chi connectivity index (χ2n) is 4.68. The van der Waals surface area contributed by atoms with Gasteiger partial charge in [0.1, 0.15) is 4.21 Å². The van der Waals surface area contributed by atoms with Crippen LogP contribution in [0.3, 0.4) is 0 Å². The number of carbonyl (C=O) groups is 1. The Bertz CT molecular complexity index is 763. The summed E-state index contributed by atoms with van der Waals surface area (Å²) >= 11 is 0.790. The predicted molar refractivity (Wildman–Crippen MR) is 73.5 cm³/mol. The highest BCUT2D eigenvalue weighted by atomic mass is 32.2. The first-order chi connectivity index (χ1) is 9.03. The van der Waals surface area contributed by atoms with Crippen molar-refractivity contribution in [1.29, 1.82) is 0 Å². The number of fused-ring (bicyclic) bond motifs is 1. The van der Waals surface area contributed by atoms with Gasteiger partial charge in [-0.15, -0.1) is 11.3 Å². The van der Waals surface area contributed by atoms with Gasteiger partial charge in [0, 0.05) is 11.8 Å². The zero-order valence-corrected chi connectivity index (χ0v) is 13.2. The van der Waals surface area contributed by atoms with Gasteiger partial charge in [0.15, 0.2) is 9.84 Å². The summed E-state index contributed by atoms with van der Waals surface area (Å²) in [6.07, 6.45) is 0.208. The SMILES string of the molecule is CC(=O)NC1CC(C)S(=O)(=O)c2cc(S(N)(=O)=O)sc21. The summed E-state index contributed by atoms with van der Waals surface area (Å²) in [4.78, 5) is 11.5. The van der Waals surface area contributed by atoms with E-state index in [1.165, 1.54) is 13.8 Å². The Morgan fingerprint density at radius 3 is 2.60 bits per heavy atom. The van der Waals surface area contributed by atoms with E-state index in [2.05, 4.69) is 5.32 Å². The molecule has 1 aromatic heterocycles. The van der Waals surface area contributed by atoms with Crippen LogP contribution in [0.15, 0.2) is 15.2 Å². The monoisotopic (exact) mass is 338 g/mol. The summed E-state index contributed by atoms with van der Waals surface area (Å²) in [5.74, 6) is -0.307. The van der Waals surface area contributed by atoms with Crippen molar-refractivity contribution in [3.8, 4) is 0 Å². The summed E-state index contributed by atoms with van der Waals surface area (Å²) in [5, 5.41) is 6.98. The summed E-state index contributed by atoms with van der Waals surface area (Å²) in [6, 6.07) is 0.566. The fourth-order valence-electron chi connectivity index (χ4n) is 2.12.